The molecule has 0 atom stereocenters. The molecular formula is C7H5N2O5. The molecule has 7 nitrogen and oxygen atoms in total. The van der Waals surface area contributed by atoms with Crippen LogP contribution in [-0.4, -0.2) is 9.85 Å². The molecule has 7 heteroatoms. The van der Waals surface area contributed by atoms with E-state index in [4.69, 9.17) is 0 Å². The molecule has 0 saturated heterocycles. The highest BCUT2D eigenvalue weighted by atomic mass is 16.7. The van der Waals surface area contributed by atoms with Crippen molar-refractivity contribution in [3.05, 3.63) is 56.9 Å². The Kier molecular flexibility index (Phi) is 2.95. The van der Waals surface area contributed by atoms with E-state index >= 15 is 0 Å². The molecule has 0 aliphatic rings. The SMILES string of the molecule is O=[N+]([O-])[C](Oc1ccccc1)[N+](=O)[O-]. The Morgan fingerprint density at radius 3 is 2.00 bits per heavy atom. The van der Waals surface area contributed by atoms with Crippen LogP contribution in [0.25, 0.3) is 0 Å². The van der Waals surface area contributed by atoms with E-state index in [1.165, 1.54) is 12.1 Å². The maximum atomic E-state index is 10.1. The fourth-order valence-electron chi connectivity index (χ4n) is 0.735. The van der Waals surface area contributed by atoms with Gasteiger partial charge in [-0.1, -0.05) is 18.2 Å². The molecule has 1 aromatic carbocycles. The number of nitro groups is 2. The summed E-state index contributed by atoms with van der Waals surface area (Å²) in [5.74, 6) is 0.0518. The van der Waals surface area contributed by atoms with Crippen molar-refractivity contribution >= 4 is 0 Å². The molecule has 0 unspecified atom stereocenters. The minimum Gasteiger partial charge on any atom is -0.355 e. The first-order chi connectivity index (χ1) is 6.61. The average Bonchev–Trinajstić information content (AvgIpc) is 2.15. The molecule has 0 fully saturated rings. The standard InChI is InChI=1S/C7H5N2O5/c10-8(11)7(9(12)13)14-6-4-2-1-3-5-6/h1-5H. The molecule has 0 amide bonds. The van der Waals surface area contributed by atoms with Gasteiger partial charge >= 0.3 is 6.35 Å². The van der Waals surface area contributed by atoms with Gasteiger partial charge in [-0.2, -0.15) is 0 Å². The third-order valence-electron chi connectivity index (χ3n) is 1.26. The van der Waals surface area contributed by atoms with E-state index < -0.39 is 16.2 Å². The Bertz CT molecular complexity index is 325. The van der Waals surface area contributed by atoms with Crippen LogP contribution >= 0.6 is 0 Å². The summed E-state index contributed by atoms with van der Waals surface area (Å²) >= 11 is 0. The average molecular weight is 197 g/mol. The summed E-state index contributed by atoms with van der Waals surface area (Å²) in [7, 11) is 0. The van der Waals surface area contributed by atoms with Crippen LogP contribution in [-0.2, 0) is 0 Å². The molecule has 0 saturated carbocycles. The number of hydrogen-bond donors (Lipinski definition) is 0. The summed E-state index contributed by atoms with van der Waals surface area (Å²) in [5.41, 5.74) is 0. The summed E-state index contributed by atoms with van der Waals surface area (Å²) in [4.78, 5) is 17.9. The van der Waals surface area contributed by atoms with Crippen LogP contribution < -0.4 is 4.74 Å². The van der Waals surface area contributed by atoms with Crippen LogP contribution in [0.2, 0.25) is 0 Å². The Morgan fingerprint density at radius 2 is 1.57 bits per heavy atom. The Labute approximate surface area is 78.2 Å². The van der Waals surface area contributed by atoms with Gasteiger partial charge in [0, 0.05) is 0 Å². The third kappa shape index (κ3) is 2.41. The molecule has 1 rings (SSSR count). The summed E-state index contributed by atoms with van der Waals surface area (Å²) in [6, 6.07) is 7.52. The first kappa shape index (κ1) is 9.90. The normalized spacial score (nSPS) is 9.79. The van der Waals surface area contributed by atoms with Crippen molar-refractivity contribution in [2.45, 2.75) is 0 Å². The first-order valence-corrected chi connectivity index (χ1v) is 3.50. The highest BCUT2D eigenvalue weighted by Crippen LogP contribution is 2.14. The molecule has 1 radical (unpaired) electrons. The van der Waals surface area contributed by atoms with Crippen LogP contribution in [0.1, 0.15) is 0 Å². The maximum absolute atomic E-state index is 10.1. The molecule has 0 bridgehead atoms. The molecule has 0 aliphatic carbocycles. The van der Waals surface area contributed by atoms with Crippen LogP contribution in [0.5, 0.6) is 5.75 Å². The summed E-state index contributed by atoms with van der Waals surface area (Å²) < 4.78 is 4.46. The van der Waals surface area contributed by atoms with E-state index in [1.54, 1.807) is 18.2 Å². The zero-order chi connectivity index (χ0) is 10.6. The van der Waals surface area contributed by atoms with Crippen LogP contribution in [0, 0.1) is 26.6 Å². The van der Waals surface area contributed by atoms with E-state index in [-0.39, 0.29) is 5.75 Å². The highest BCUT2D eigenvalue weighted by Gasteiger charge is 2.44. The van der Waals surface area contributed by atoms with Gasteiger partial charge in [0.25, 0.3) is 0 Å². The lowest BCUT2D eigenvalue weighted by Gasteiger charge is -1.99. The fraction of sp³-hybridized carbons (Fsp3) is 0. The number of rotatable bonds is 4. The van der Waals surface area contributed by atoms with Crippen molar-refractivity contribution < 1.29 is 14.6 Å². The molecule has 73 valence electrons. The lowest BCUT2D eigenvalue weighted by Crippen LogP contribution is -2.25. The Morgan fingerprint density at radius 1 is 1.07 bits per heavy atom. The topological polar surface area (TPSA) is 95.5 Å². The highest BCUT2D eigenvalue weighted by molar-refractivity contribution is 5.21. The van der Waals surface area contributed by atoms with Crippen molar-refractivity contribution in [3.8, 4) is 5.75 Å². The van der Waals surface area contributed by atoms with Gasteiger partial charge in [-0.25, -0.2) is 0 Å². The predicted octanol–water partition coefficient (Wildman–Crippen LogP) is 1.07. The Hall–Kier alpha value is -2.18. The molecule has 1 aromatic rings. The van der Waals surface area contributed by atoms with Gasteiger partial charge < -0.3 is 4.74 Å². The second-order valence-electron chi connectivity index (χ2n) is 2.21. The molecular weight excluding hydrogens is 192 g/mol. The number of benzene rings is 1. The van der Waals surface area contributed by atoms with Gasteiger partial charge in [0.2, 0.25) is 0 Å². The van der Waals surface area contributed by atoms with Crippen molar-refractivity contribution in [2.24, 2.45) is 0 Å². The quantitative estimate of drug-likeness (QED) is 0.531. The van der Waals surface area contributed by atoms with E-state index in [0.29, 0.717) is 0 Å². The predicted molar refractivity (Wildman–Crippen MR) is 44.3 cm³/mol. The zero-order valence-electron chi connectivity index (χ0n) is 6.82. The first-order valence-electron chi connectivity index (χ1n) is 3.50. The maximum Gasteiger partial charge on any atom is 0.812 e. The minimum absolute atomic E-state index is 0.0518. The lowest BCUT2D eigenvalue weighted by molar-refractivity contribution is -0.705. The molecule has 14 heavy (non-hydrogen) atoms. The fourth-order valence-corrected chi connectivity index (χ4v) is 0.735. The lowest BCUT2D eigenvalue weighted by atomic mass is 10.3. The number of hydrogen-bond acceptors (Lipinski definition) is 5. The van der Waals surface area contributed by atoms with Crippen molar-refractivity contribution in [3.63, 3.8) is 0 Å². The zero-order valence-corrected chi connectivity index (χ0v) is 6.82. The van der Waals surface area contributed by atoms with Gasteiger partial charge in [-0.05, 0) is 12.1 Å². The van der Waals surface area contributed by atoms with Crippen LogP contribution in [0.3, 0.4) is 0 Å². The third-order valence-corrected chi connectivity index (χ3v) is 1.26. The molecule has 0 aliphatic heterocycles. The minimum atomic E-state index is -1.41. The molecule has 0 spiro atoms. The van der Waals surface area contributed by atoms with Crippen LogP contribution in [0.4, 0.5) is 0 Å². The summed E-state index contributed by atoms with van der Waals surface area (Å²) in [6.07, 6.45) is -1.41. The van der Waals surface area contributed by atoms with E-state index in [0.717, 1.165) is 0 Å². The Balaban J connectivity index is 2.75. The van der Waals surface area contributed by atoms with Crippen molar-refractivity contribution in [1.82, 2.24) is 0 Å². The number of nitrogens with zero attached hydrogens (tertiary/aromatic N) is 2. The van der Waals surface area contributed by atoms with E-state index in [2.05, 4.69) is 4.74 Å². The number of para-hydroxylation sites is 1. The largest absolute Gasteiger partial charge is 0.812 e. The molecule has 0 heterocycles. The van der Waals surface area contributed by atoms with Crippen molar-refractivity contribution in [2.75, 3.05) is 0 Å². The summed E-state index contributed by atoms with van der Waals surface area (Å²) in [6.45, 7) is 0. The van der Waals surface area contributed by atoms with Crippen molar-refractivity contribution in [1.29, 1.82) is 0 Å². The molecule has 0 aromatic heterocycles. The van der Waals surface area contributed by atoms with Gasteiger partial charge in [0.15, 0.2) is 9.85 Å². The van der Waals surface area contributed by atoms with E-state index in [9.17, 15) is 20.2 Å². The van der Waals surface area contributed by atoms with Gasteiger partial charge in [-0.15, -0.1) is 0 Å². The van der Waals surface area contributed by atoms with Gasteiger partial charge in [0.05, 0.1) is 0 Å². The smallest absolute Gasteiger partial charge is 0.355 e. The monoisotopic (exact) mass is 197 g/mol. The van der Waals surface area contributed by atoms with Crippen LogP contribution in [0.15, 0.2) is 30.3 Å². The number of ether oxygens (including phenoxy) is 1. The summed E-state index contributed by atoms with van der Waals surface area (Å²) in [5, 5.41) is 20.3. The van der Waals surface area contributed by atoms with Gasteiger partial charge in [0.1, 0.15) is 5.75 Å². The second-order valence-corrected chi connectivity index (χ2v) is 2.21. The van der Waals surface area contributed by atoms with E-state index in [1.807, 2.05) is 0 Å². The second kappa shape index (κ2) is 4.17. The van der Waals surface area contributed by atoms with Gasteiger partial charge in [-0.3, -0.25) is 20.2 Å². The molecule has 0 N–H and O–H groups in total.